The van der Waals surface area contributed by atoms with Gasteiger partial charge in [-0.05, 0) is 43.3 Å². The van der Waals surface area contributed by atoms with Gasteiger partial charge in [-0.25, -0.2) is 4.98 Å². The lowest BCUT2D eigenvalue weighted by atomic mass is 10.2. The minimum atomic E-state index is -4.37. The first-order chi connectivity index (χ1) is 13.4. The van der Waals surface area contributed by atoms with Crippen LogP contribution in [-0.4, -0.2) is 16.8 Å². The number of nitrogens with one attached hydrogen (secondary N) is 2. The van der Waals surface area contributed by atoms with Crippen LogP contribution < -0.4 is 20.1 Å². The predicted molar refractivity (Wildman–Crippen MR) is 97.3 cm³/mol. The molecule has 1 aromatic heterocycles. The van der Waals surface area contributed by atoms with E-state index in [1.165, 1.54) is 12.1 Å². The molecule has 0 saturated carbocycles. The van der Waals surface area contributed by atoms with E-state index >= 15 is 0 Å². The molecule has 0 unspecified atom stereocenters. The number of alkyl halides is 3. The summed E-state index contributed by atoms with van der Waals surface area (Å²) in [4.78, 5) is 8.58. The number of fused-ring (bicyclic) bond motifs is 1. The first-order valence-electron chi connectivity index (χ1n) is 8.33. The van der Waals surface area contributed by atoms with Crippen LogP contribution >= 0.6 is 0 Å². The summed E-state index contributed by atoms with van der Waals surface area (Å²) < 4.78 is 48.6. The van der Waals surface area contributed by atoms with Gasteiger partial charge in [-0.1, -0.05) is 0 Å². The Bertz CT molecular complexity index is 1010. The smallest absolute Gasteiger partial charge is 0.416 e. The molecular weight excluding hydrogens is 373 g/mol. The van der Waals surface area contributed by atoms with E-state index < -0.39 is 11.7 Å². The lowest BCUT2D eigenvalue weighted by Gasteiger charge is -2.12. The fourth-order valence-electron chi connectivity index (χ4n) is 2.61. The Morgan fingerprint density at radius 1 is 0.929 bits per heavy atom. The van der Waals surface area contributed by atoms with Gasteiger partial charge in [-0.3, -0.25) is 0 Å². The van der Waals surface area contributed by atoms with Crippen molar-refractivity contribution in [3.05, 3.63) is 59.8 Å². The van der Waals surface area contributed by atoms with Crippen molar-refractivity contribution < 1.29 is 22.6 Å². The number of hydrogen-bond acceptors (Lipinski definition) is 6. The molecule has 0 bridgehead atoms. The van der Waals surface area contributed by atoms with E-state index in [4.69, 9.17) is 9.47 Å². The van der Waals surface area contributed by atoms with Crippen molar-refractivity contribution in [3.8, 4) is 11.5 Å². The van der Waals surface area contributed by atoms with Gasteiger partial charge < -0.3 is 20.1 Å². The second kappa shape index (κ2) is 6.91. The molecule has 1 aliphatic heterocycles. The van der Waals surface area contributed by atoms with Crippen molar-refractivity contribution in [3.63, 3.8) is 0 Å². The molecule has 0 spiro atoms. The van der Waals surface area contributed by atoms with Crippen molar-refractivity contribution in [1.29, 1.82) is 0 Å². The van der Waals surface area contributed by atoms with Crippen LogP contribution in [0.4, 0.5) is 36.3 Å². The van der Waals surface area contributed by atoms with Crippen molar-refractivity contribution in [2.24, 2.45) is 0 Å². The van der Waals surface area contributed by atoms with Gasteiger partial charge >= 0.3 is 6.18 Å². The lowest BCUT2D eigenvalue weighted by Crippen LogP contribution is -2.05. The number of benzene rings is 2. The van der Waals surface area contributed by atoms with E-state index in [0.717, 1.165) is 23.4 Å². The SMILES string of the molecule is Cc1cnc(Nc2ccc(C(F)(F)F)cc2)nc1Nc1ccc2c(c1)OCO2. The average molecular weight is 388 g/mol. The average Bonchev–Trinajstić information content (AvgIpc) is 3.12. The van der Waals surface area contributed by atoms with Gasteiger partial charge in [-0.15, -0.1) is 0 Å². The summed E-state index contributed by atoms with van der Waals surface area (Å²) in [6, 6.07) is 10.1. The van der Waals surface area contributed by atoms with Crippen LogP contribution in [0.1, 0.15) is 11.1 Å². The molecule has 4 rings (SSSR count). The number of rotatable bonds is 4. The zero-order valence-corrected chi connectivity index (χ0v) is 14.7. The van der Waals surface area contributed by atoms with Crippen molar-refractivity contribution in [1.82, 2.24) is 9.97 Å². The zero-order valence-electron chi connectivity index (χ0n) is 14.7. The quantitative estimate of drug-likeness (QED) is 0.654. The molecule has 2 heterocycles. The van der Waals surface area contributed by atoms with E-state index in [1.54, 1.807) is 18.3 Å². The molecule has 3 aromatic rings. The highest BCUT2D eigenvalue weighted by atomic mass is 19.4. The maximum atomic E-state index is 12.7. The summed E-state index contributed by atoms with van der Waals surface area (Å²) in [5.41, 5.74) is 1.29. The standard InChI is InChI=1S/C19H15F3N4O2/c1-11-9-23-18(25-13-4-2-12(3-5-13)19(20,21)22)26-17(11)24-14-6-7-15-16(8-14)28-10-27-15/h2-9H,10H2,1H3,(H2,23,24,25,26). The fourth-order valence-corrected chi connectivity index (χ4v) is 2.61. The summed E-state index contributed by atoms with van der Waals surface area (Å²) >= 11 is 0. The van der Waals surface area contributed by atoms with Gasteiger partial charge in [0.2, 0.25) is 12.7 Å². The number of aromatic nitrogens is 2. The van der Waals surface area contributed by atoms with Crippen LogP contribution in [0.25, 0.3) is 0 Å². The third kappa shape index (κ3) is 3.78. The Balaban J connectivity index is 1.52. The first-order valence-corrected chi connectivity index (χ1v) is 8.33. The minimum Gasteiger partial charge on any atom is -0.454 e. The summed E-state index contributed by atoms with van der Waals surface area (Å²) in [6.45, 7) is 2.03. The van der Waals surface area contributed by atoms with Crippen LogP contribution in [0.3, 0.4) is 0 Å². The normalized spacial score (nSPS) is 12.7. The van der Waals surface area contributed by atoms with E-state index in [0.29, 0.717) is 23.0 Å². The van der Waals surface area contributed by atoms with Crippen molar-refractivity contribution in [2.75, 3.05) is 17.4 Å². The Morgan fingerprint density at radius 2 is 1.64 bits per heavy atom. The van der Waals surface area contributed by atoms with Crippen LogP contribution in [0, 0.1) is 6.92 Å². The maximum absolute atomic E-state index is 12.7. The largest absolute Gasteiger partial charge is 0.454 e. The summed E-state index contributed by atoms with van der Waals surface area (Å²) in [6.07, 6.45) is -2.75. The molecular formula is C19H15F3N4O2. The molecule has 1 aliphatic rings. The van der Waals surface area contributed by atoms with Crippen molar-refractivity contribution in [2.45, 2.75) is 13.1 Å². The molecule has 2 N–H and O–H groups in total. The van der Waals surface area contributed by atoms with Gasteiger partial charge in [0.05, 0.1) is 5.56 Å². The fraction of sp³-hybridized carbons (Fsp3) is 0.158. The molecule has 0 radical (unpaired) electrons. The summed E-state index contributed by atoms with van der Waals surface area (Å²) in [5, 5.41) is 6.09. The molecule has 2 aromatic carbocycles. The van der Waals surface area contributed by atoms with E-state index in [-0.39, 0.29) is 12.7 Å². The Kier molecular flexibility index (Phi) is 4.42. The third-order valence-electron chi connectivity index (χ3n) is 4.08. The molecule has 0 saturated heterocycles. The summed E-state index contributed by atoms with van der Waals surface area (Å²) in [5.74, 6) is 2.13. The molecule has 28 heavy (non-hydrogen) atoms. The Morgan fingerprint density at radius 3 is 2.39 bits per heavy atom. The topological polar surface area (TPSA) is 68.3 Å². The van der Waals surface area contributed by atoms with Crippen LogP contribution in [-0.2, 0) is 6.18 Å². The number of aryl methyl sites for hydroxylation is 1. The highest BCUT2D eigenvalue weighted by molar-refractivity contribution is 5.65. The van der Waals surface area contributed by atoms with Crippen LogP contribution in [0.2, 0.25) is 0 Å². The zero-order chi connectivity index (χ0) is 19.7. The monoisotopic (exact) mass is 388 g/mol. The highest BCUT2D eigenvalue weighted by Crippen LogP contribution is 2.35. The van der Waals surface area contributed by atoms with Gasteiger partial charge in [-0.2, -0.15) is 18.2 Å². The van der Waals surface area contributed by atoms with Crippen LogP contribution in [0.15, 0.2) is 48.7 Å². The number of ether oxygens (including phenoxy) is 2. The second-order valence-corrected chi connectivity index (χ2v) is 6.12. The van der Waals surface area contributed by atoms with Gasteiger partial charge in [0.15, 0.2) is 11.5 Å². The van der Waals surface area contributed by atoms with E-state index in [9.17, 15) is 13.2 Å². The van der Waals surface area contributed by atoms with Gasteiger partial charge in [0.25, 0.3) is 0 Å². The van der Waals surface area contributed by atoms with Gasteiger partial charge in [0.1, 0.15) is 5.82 Å². The molecule has 0 fully saturated rings. The molecule has 0 amide bonds. The van der Waals surface area contributed by atoms with E-state index in [1.807, 2.05) is 13.0 Å². The summed E-state index contributed by atoms with van der Waals surface area (Å²) in [7, 11) is 0. The molecule has 0 aliphatic carbocycles. The predicted octanol–water partition coefficient (Wildman–Crippen LogP) is 5.02. The van der Waals surface area contributed by atoms with Crippen molar-refractivity contribution >= 4 is 23.1 Å². The highest BCUT2D eigenvalue weighted by Gasteiger charge is 2.29. The Labute approximate surface area is 158 Å². The minimum absolute atomic E-state index is 0.187. The van der Waals surface area contributed by atoms with Crippen LogP contribution in [0.5, 0.6) is 11.5 Å². The Hall–Kier alpha value is -3.49. The van der Waals surface area contributed by atoms with Gasteiger partial charge in [0, 0.05) is 29.2 Å². The first kappa shape index (κ1) is 17.9. The maximum Gasteiger partial charge on any atom is 0.416 e. The molecule has 0 atom stereocenters. The molecule has 6 nitrogen and oxygen atoms in total. The molecule has 144 valence electrons. The number of hydrogen-bond donors (Lipinski definition) is 2. The second-order valence-electron chi connectivity index (χ2n) is 6.12. The van der Waals surface area contributed by atoms with E-state index in [2.05, 4.69) is 20.6 Å². The molecule has 9 heteroatoms. The number of nitrogens with zero attached hydrogens (tertiary/aromatic N) is 2. The lowest BCUT2D eigenvalue weighted by molar-refractivity contribution is -0.137. The number of anilines is 4. The number of halogens is 3. The third-order valence-corrected chi connectivity index (χ3v) is 4.08.